The third-order valence-corrected chi connectivity index (χ3v) is 4.92. The molecule has 1 fully saturated rings. The van der Waals surface area contributed by atoms with Crippen molar-refractivity contribution in [1.82, 2.24) is 20.5 Å². The maximum atomic E-state index is 5.60. The highest BCUT2D eigenvalue weighted by Gasteiger charge is 2.21. The number of halogens is 1. The minimum absolute atomic E-state index is 0. The van der Waals surface area contributed by atoms with Crippen LogP contribution in [-0.4, -0.2) is 47.6 Å². The summed E-state index contributed by atoms with van der Waals surface area (Å²) in [5.74, 6) is 1.49. The fourth-order valence-electron chi connectivity index (χ4n) is 3.33. The summed E-state index contributed by atoms with van der Waals surface area (Å²) in [7, 11) is 0. The van der Waals surface area contributed by atoms with E-state index in [1.807, 2.05) is 30.3 Å². The van der Waals surface area contributed by atoms with Gasteiger partial charge in [0, 0.05) is 37.3 Å². The lowest BCUT2D eigenvalue weighted by atomic mass is 10.0. The van der Waals surface area contributed by atoms with Gasteiger partial charge in [-0.1, -0.05) is 18.2 Å². The molecule has 6 nitrogen and oxygen atoms in total. The van der Waals surface area contributed by atoms with Gasteiger partial charge in [0.15, 0.2) is 5.96 Å². The van der Waals surface area contributed by atoms with Crippen molar-refractivity contribution in [3.8, 4) is 11.5 Å². The van der Waals surface area contributed by atoms with Gasteiger partial charge in [-0.05, 0) is 45.7 Å². The van der Waals surface area contributed by atoms with Crippen LogP contribution in [0.25, 0.3) is 11.5 Å². The molecular weight excluding hydrogens is 465 g/mol. The molecule has 0 aliphatic carbocycles. The van der Waals surface area contributed by atoms with Crippen LogP contribution in [0.1, 0.15) is 39.3 Å². The zero-order valence-electron chi connectivity index (χ0n) is 17.0. The van der Waals surface area contributed by atoms with Gasteiger partial charge in [0.1, 0.15) is 12.0 Å². The first-order valence-corrected chi connectivity index (χ1v) is 9.94. The zero-order valence-corrected chi connectivity index (χ0v) is 19.3. The van der Waals surface area contributed by atoms with Gasteiger partial charge in [-0.2, -0.15) is 0 Å². The van der Waals surface area contributed by atoms with E-state index in [1.165, 1.54) is 0 Å². The molecule has 1 aromatic heterocycles. The predicted octanol–water partition coefficient (Wildman–Crippen LogP) is 3.89. The molecule has 1 saturated heterocycles. The van der Waals surface area contributed by atoms with Crippen molar-refractivity contribution < 1.29 is 4.42 Å². The minimum atomic E-state index is 0. The maximum absolute atomic E-state index is 5.60. The van der Waals surface area contributed by atoms with Crippen LogP contribution < -0.4 is 10.6 Å². The Balaban J connectivity index is 0.00000280. The summed E-state index contributed by atoms with van der Waals surface area (Å²) in [5.41, 5.74) is 1.82. The van der Waals surface area contributed by atoms with Gasteiger partial charge in [0.05, 0.1) is 6.54 Å². The Morgan fingerprint density at radius 1 is 1.25 bits per heavy atom. The molecule has 0 unspecified atom stereocenters. The number of nitrogens with one attached hydrogen (secondary N) is 2. The van der Waals surface area contributed by atoms with Crippen LogP contribution in [0.15, 0.2) is 46.0 Å². The lowest BCUT2D eigenvalue weighted by molar-refractivity contribution is 0.167. The predicted molar refractivity (Wildman–Crippen MR) is 125 cm³/mol. The SMILES string of the molecule is CCNC(=NCc1coc(-c2ccccc2)n1)NC1CCN(C(C)C)CC1.I. The fraction of sp³-hybridized carbons (Fsp3) is 0.524. The van der Waals surface area contributed by atoms with E-state index in [0.717, 1.165) is 49.7 Å². The molecule has 7 heteroatoms. The van der Waals surface area contributed by atoms with Crippen molar-refractivity contribution in [1.29, 1.82) is 0 Å². The van der Waals surface area contributed by atoms with E-state index in [4.69, 9.17) is 9.41 Å². The van der Waals surface area contributed by atoms with E-state index >= 15 is 0 Å². The van der Waals surface area contributed by atoms with E-state index < -0.39 is 0 Å². The van der Waals surface area contributed by atoms with E-state index in [9.17, 15) is 0 Å². The first kappa shape index (κ1) is 22.7. The Kier molecular flexibility index (Phi) is 9.24. The van der Waals surface area contributed by atoms with Crippen molar-refractivity contribution in [3.05, 3.63) is 42.3 Å². The molecule has 0 amide bonds. The van der Waals surface area contributed by atoms with Crippen LogP contribution in [0.4, 0.5) is 0 Å². The number of benzene rings is 1. The number of piperidine rings is 1. The molecule has 154 valence electrons. The van der Waals surface area contributed by atoms with Crippen molar-refractivity contribution in [2.24, 2.45) is 4.99 Å². The Morgan fingerprint density at radius 3 is 2.61 bits per heavy atom. The quantitative estimate of drug-likeness (QED) is 0.360. The molecule has 2 aromatic rings. The molecule has 0 spiro atoms. The molecule has 28 heavy (non-hydrogen) atoms. The van der Waals surface area contributed by atoms with Gasteiger partial charge in [0.25, 0.3) is 0 Å². The van der Waals surface area contributed by atoms with Crippen LogP contribution in [0.2, 0.25) is 0 Å². The first-order chi connectivity index (χ1) is 13.2. The molecule has 2 N–H and O–H groups in total. The minimum Gasteiger partial charge on any atom is -0.444 e. The molecule has 0 bridgehead atoms. The summed E-state index contributed by atoms with van der Waals surface area (Å²) in [6.07, 6.45) is 3.98. The highest BCUT2D eigenvalue weighted by molar-refractivity contribution is 14.0. The van der Waals surface area contributed by atoms with Crippen molar-refractivity contribution in [3.63, 3.8) is 0 Å². The Hall–Kier alpha value is -1.61. The molecule has 0 atom stereocenters. The van der Waals surface area contributed by atoms with Gasteiger partial charge in [0.2, 0.25) is 5.89 Å². The number of nitrogens with zero attached hydrogens (tertiary/aromatic N) is 3. The Bertz CT molecular complexity index is 723. The maximum Gasteiger partial charge on any atom is 0.226 e. The van der Waals surface area contributed by atoms with Crippen LogP contribution >= 0.6 is 24.0 Å². The van der Waals surface area contributed by atoms with E-state index in [-0.39, 0.29) is 24.0 Å². The Morgan fingerprint density at radius 2 is 1.96 bits per heavy atom. The van der Waals surface area contributed by atoms with E-state index in [2.05, 4.69) is 41.3 Å². The third kappa shape index (κ3) is 6.48. The summed E-state index contributed by atoms with van der Waals surface area (Å²) >= 11 is 0. The second-order valence-corrected chi connectivity index (χ2v) is 7.25. The monoisotopic (exact) mass is 497 g/mol. The third-order valence-electron chi connectivity index (χ3n) is 4.92. The second-order valence-electron chi connectivity index (χ2n) is 7.25. The number of likely N-dealkylation sites (tertiary alicyclic amines) is 1. The standard InChI is InChI=1S/C21H31N5O.HI/c1-4-22-21(25-18-10-12-26(13-11-18)16(2)3)23-14-19-15-27-20(24-19)17-8-6-5-7-9-17;/h5-9,15-16,18H,4,10-14H2,1-3H3,(H2,22,23,25);1H. The van der Waals surface area contributed by atoms with E-state index in [0.29, 0.717) is 24.5 Å². The summed E-state index contributed by atoms with van der Waals surface area (Å²) in [4.78, 5) is 11.8. The fourth-order valence-corrected chi connectivity index (χ4v) is 3.33. The van der Waals surface area contributed by atoms with Crippen molar-refractivity contribution in [2.45, 2.75) is 52.2 Å². The van der Waals surface area contributed by atoms with Crippen LogP contribution in [-0.2, 0) is 6.54 Å². The smallest absolute Gasteiger partial charge is 0.226 e. The number of aromatic nitrogens is 1. The topological polar surface area (TPSA) is 65.7 Å². The summed E-state index contributed by atoms with van der Waals surface area (Å²) < 4.78 is 5.60. The average molecular weight is 497 g/mol. The molecule has 0 saturated carbocycles. The summed E-state index contributed by atoms with van der Waals surface area (Å²) in [5, 5.41) is 6.92. The number of hydrogen-bond acceptors (Lipinski definition) is 4. The molecule has 1 aliphatic rings. The number of guanidine groups is 1. The van der Waals surface area contributed by atoms with Crippen molar-refractivity contribution in [2.75, 3.05) is 19.6 Å². The molecule has 2 heterocycles. The van der Waals surface area contributed by atoms with Gasteiger partial charge >= 0.3 is 0 Å². The Labute approximate surface area is 185 Å². The lowest BCUT2D eigenvalue weighted by Crippen LogP contribution is -2.49. The van der Waals surface area contributed by atoms with Crippen LogP contribution in [0.5, 0.6) is 0 Å². The number of rotatable bonds is 6. The van der Waals surface area contributed by atoms with E-state index in [1.54, 1.807) is 6.26 Å². The summed E-state index contributed by atoms with van der Waals surface area (Å²) in [6.45, 7) is 10.2. The number of hydrogen-bond donors (Lipinski definition) is 2. The second kappa shape index (κ2) is 11.4. The lowest BCUT2D eigenvalue weighted by Gasteiger charge is -2.35. The largest absolute Gasteiger partial charge is 0.444 e. The number of oxazole rings is 1. The summed E-state index contributed by atoms with van der Waals surface area (Å²) in [6, 6.07) is 11.0. The normalized spacial score (nSPS) is 16.1. The van der Waals surface area contributed by atoms with Gasteiger partial charge in [-0.3, -0.25) is 0 Å². The number of aliphatic imine (C=N–C) groups is 1. The van der Waals surface area contributed by atoms with Gasteiger partial charge < -0.3 is 20.0 Å². The van der Waals surface area contributed by atoms with Crippen LogP contribution in [0, 0.1) is 0 Å². The van der Waals surface area contributed by atoms with Crippen LogP contribution in [0.3, 0.4) is 0 Å². The highest BCUT2D eigenvalue weighted by atomic mass is 127. The average Bonchev–Trinajstić information content (AvgIpc) is 3.16. The molecule has 1 aromatic carbocycles. The zero-order chi connectivity index (χ0) is 19.1. The van der Waals surface area contributed by atoms with Gasteiger partial charge in [-0.15, -0.1) is 24.0 Å². The molecule has 1 aliphatic heterocycles. The van der Waals surface area contributed by atoms with Crippen molar-refractivity contribution >= 4 is 29.9 Å². The molecule has 3 rings (SSSR count). The highest BCUT2D eigenvalue weighted by Crippen LogP contribution is 2.18. The molecular formula is C21H32IN5O. The first-order valence-electron chi connectivity index (χ1n) is 9.94. The van der Waals surface area contributed by atoms with Gasteiger partial charge in [-0.25, -0.2) is 9.98 Å². The molecule has 0 radical (unpaired) electrons.